The Hall–Kier alpha value is -1.82. The van der Waals surface area contributed by atoms with Gasteiger partial charge < -0.3 is 9.64 Å². The van der Waals surface area contributed by atoms with E-state index in [2.05, 4.69) is 0 Å². The number of nitrogens with zero attached hydrogens (tertiary/aromatic N) is 1. The van der Waals surface area contributed by atoms with Crippen molar-refractivity contribution in [1.29, 1.82) is 0 Å². The highest BCUT2D eigenvalue weighted by Crippen LogP contribution is 2.25. The van der Waals surface area contributed by atoms with E-state index in [0.717, 1.165) is 5.56 Å². The van der Waals surface area contributed by atoms with Crippen LogP contribution in [0.25, 0.3) is 0 Å². The molecule has 0 unspecified atom stereocenters. The van der Waals surface area contributed by atoms with Crippen molar-refractivity contribution in [2.75, 3.05) is 13.1 Å². The smallest absolute Gasteiger partial charge is 0.410 e. The number of sulfone groups is 1. The maximum Gasteiger partial charge on any atom is 0.410 e. The number of carbonyl (C=O) groups is 1. The molecule has 1 aromatic carbocycles. The maximum absolute atomic E-state index is 12.6. The van der Waals surface area contributed by atoms with Crippen molar-refractivity contribution in [2.45, 2.75) is 44.6 Å². The fourth-order valence-electron chi connectivity index (χ4n) is 2.26. The Morgan fingerprint density at radius 3 is 2.26 bits per heavy atom. The fourth-order valence-corrected chi connectivity index (χ4v) is 3.71. The molecule has 0 spiro atoms. The molecule has 0 radical (unpaired) electrons. The van der Waals surface area contributed by atoms with Crippen LogP contribution in [0.4, 0.5) is 4.79 Å². The van der Waals surface area contributed by atoms with Crippen molar-refractivity contribution in [1.82, 2.24) is 4.90 Å². The molecule has 1 aliphatic heterocycles. The van der Waals surface area contributed by atoms with Crippen LogP contribution in [-0.2, 0) is 14.6 Å². The van der Waals surface area contributed by atoms with Crippen LogP contribution in [0.5, 0.6) is 0 Å². The first-order valence-electron chi connectivity index (χ1n) is 7.58. The van der Waals surface area contributed by atoms with Gasteiger partial charge >= 0.3 is 6.09 Å². The second-order valence-electron chi connectivity index (χ2n) is 6.66. The molecule has 0 atom stereocenters. The summed E-state index contributed by atoms with van der Waals surface area (Å²) in [4.78, 5) is 14.2. The topological polar surface area (TPSA) is 63.7 Å². The number of hydrogen-bond donors (Lipinski definition) is 0. The summed E-state index contributed by atoms with van der Waals surface area (Å²) in [6.45, 7) is 7.91. The standard InChI is InChI=1S/C17H23NO4S/c1-13-5-7-14(8-6-13)23(20,21)15-9-11-18(12-10-15)16(19)22-17(2,3)4/h5-9H,10-12H2,1-4H3. The number of ether oxygens (including phenoxy) is 1. The molecule has 6 heteroatoms. The molecule has 1 aromatic rings. The van der Waals surface area contributed by atoms with Gasteiger partial charge in [-0.1, -0.05) is 23.8 Å². The van der Waals surface area contributed by atoms with E-state index in [1.807, 2.05) is 6.92 Å². The Morgan fingerprint density at radius 1 is 1.17 bits per heavy atom. The Morgan fingerprint density at radius 2 is 1.78 bits per heavy atom. The van der Waals surface area contributed by atoms with E-state index in [0.29, 0.717) is 22.8 Å². The minimum Gasteiger partial charge on any atom is -0.444 e. The third-order valence-corrected chi connectivity index (χ3v) is 5.45. The number of carbonyl (C=O) groups excluding carboxylic acids is 1. The molecule has 0 fully saturated rings. The second-order valence-corrected chi connectivity index (χ2v) is 8.67. The summed E-state index contributed by atoms with van der Waals surface area (Å²) in [6.07, 6.45) is 1.48. The van der Waals surface area contributed by atoms with Crippen molar-refractivity contribution >= 4 is 15.9 Å². The monoisotopic (exact) mass is 337 g/mol. The molecule has 0 aromatic heterocycles. The van der Waals surface area contributed by atoms with Gasteiger partial charge in [0.25, 0.3) is 0 Å². The van der Waals surface area contributed by atoms with Crippen molar-refractivity contribution in [2.24, 2.45) is 0 Å². The van der Waals surface area contributed by atoms with Crippen molar-refractivity contribution in [3.05, 3.63) is 40.8 Å². The number of aryl methyl sites for hydroxylation is 1. The van der Waals surface area contributed by atoms with Gasteiger partial charge in [-0.25, -0.2) is 13.2 Å². The largest absolute Gasteiger partial charge is 0.444 e. The third-order valence-electron chi connectivity index (χ3n) is 3.50. The number of amides is 1. The minimum absolute atomic E-state index is 0.245. The lowest BCUT2D eigenvalue weighted by atomic mass is 10.2. The van der Waals surface area contributed by atoms with E-state index in [4.69, 9.17) is 4.74 Å². The van der Waals surface area contributed by atoms with Gasteiger partial charge in [0.1, 0.15) is 5.60 Å². The predicted molar refractivity (Wildman–Crippen MR) is 88.9 cm³/mol. The normalized spacial score (nSPS) is 16.0. The summed E-state index contributed by atoms with van der Waals surface area (Å²) in [7, 11) is -3.48. The fraction of sp³-hybridized carbons (Fsp3) is 0.471. The van der Waals surface area contributed by atoms with Crippen LogP contribution < -0.4 is 0 Å². The minimum atomic E-state index is -3.48. The zero-order valence-electron chi connectivity index (χ0n) is 14.0. The summed E-state index contributed by atoms with van der Waals surface area (Å²) in [5.41, 5.74) is 0.451. The average molecular weight is 337 g/mol. The zero-order chi connectivity index (χ0) is 17.3. The second kappa shape index (κ2) is 6.35. The molecular weight excluding hydrogens is 314 g/mol. The van der Waals surface area contributed by atoms with Gasteiger partial charge in [0.05, 0.1) is 4.90 Å². The maximum atomic E-state index is 12.6. The Kier molecular flexibility index (Phi) is 4.84. The van der Waals surface area contributed by atoms with Crippen LogP contribution in [0.2, 0.25) is 0 Å². The highest BCUT2D eigenvalue weighted by molar-refractivity contribution is 7.95. The lowest BCUT2D eigenvalue weighted by Crippen LogP contribution is -2.39. The molecule has 1 amide bonds. The molecule has 126 valence electrons. The molecule has 0 saturated carbocycles. The molecular formula is C17H23NO4S. The van der Waals surface area contributed by atoms with Crippen LogP contribution in [0.1, 0.15) is 32.8 Å². The molecule has 1 aliphatic rings. The summed E-state index contributed by atoms with van der Waals surface area (Å²) < 4.78 is 30.5. The van der Waals surface area contributed by atoms with E-state index in [1.54, 1.807) is 51.1 Å². The Bertz CT molecular complexity index is 712. The lowest BCUT2D eigenvalue weighted by molar-refractivity contribution is 0.0267. The molecule has 0 aliphatic carbocycles. The Balaban J connectivity index is 2.12. The number of benzene rings is 1. The van der Waals surface area contributed by atoms with Crippen LogP contribution in [0, 0.1) is 6.92 Å². The van der Waals surface area contributed by atoms with Gasteiger partial charge in [-0.05, 0) is 39.8 Å². The van der Waals surface area contributed by atoms with E-state index in [1.165, 1.54) is 4.90 Å². The van der Waals surface area contributed by atoms with Crippen LogP contribution >= 0.6 is 0 Å². The first-order valence-corrected chi connectivity index (χ1v) is 9.07. The summed E-state index contributed by atoms with van der Waals surface area (Å²) in [6, 6.07) is 6.80. The van der Waals surface area contributed by atoms with Gasteiger partial charge in [-0.3, -0.25) is 0 Å². The molecule has 0 bridgehead atoms. The SMILES string of the molecule is Cc1ccc(S(=O)(=O)C2=CCN(C(=O)OC(C)(C)C)CC2)cc1. The molecule has 23 heavy (non-hydrogen) atoms. The first kappa shape index (κ1) is 17.5. The van der Waals surface area contributed by atoms with E-state index in [-0.39, 0.29) is 6.54 Å². The van der Waals surface area contributed by atoms with Crippen LogP contribution in [0.3, 0.4) is 0 Å². The summed E-state index contributed by atoms with van der Waals surface area (Å²) >= 11 is 0. The first-order chi connectivity index (χ1) is 10.6. The van der Waals surface area contributed by atoms with Gasteiger partial charge in [-0.2, -0.15) is 0 Å². The lowest BCUT2D eigenvalue weighted by Gasteiger charge is -2.29. The van der Waals surface area contributed by atoms with Crippen molar-refractivity contribution < 1.29 is 17.9 Å². The summed E-state index contributed by atoms with van der Waals surface area (Å²) in [5, 5.41) is 0. The van der Waals surface area contributed by atoms with Gasteiger partial charge in [-0.15, -0.1) is 0 Å². The van der Waals surface area contributed by atoms with Crippen LogP contribution in [-0.4, -0.2) is 38.1 Å². The molecule has 5 nitrogen and oxygen atoms in total. The van der Waals surface area contributed by atoms with Crippen LogP contribution in [0.15, 0.2) is 40.1 Å². The zero-order valence-corrected chi connectivity index (χ0v) is 14.8. The van der Waals surface area contributed by atoms with Gasteiger partial charge in [0.15, 0.2) is 0 Å². The van der Waals surface area contributed by atoms with Gasteiger partial charge in [0.2, 0.25) is 9.84 Å². The highest BCUT2D eigenvalue weighted by atomic mass is 32.2. The van der Waals surface area contributed by atoms with E-state index < -0.39 is 21.5 Å². The van der Waals surface area contributed by atoms with Crippen molar-refractivity contribution in [3.63, 3.8) is 0 Å². The predicted octanol–water partition coefficient (Wildman–Crippen LogP) is 3.29. The number of hydrogen-bond acceptors (Lipinski definition) is 4. The van der Waals surface area contributed by atoms with Gasteiger partial charge in [0, 0.05) is 24.4 Å². The molecule has 0 N–H and O–H groups in total. The Labute approximate surface area is 137 Å². The molecule has 1 heterocycles. The highest BCUT2D eigenvalue weighted by Gasteiger charge is 2.28. The average Bonchev–Trinajstić information content (AvgIpc) is 2.46. The molecule has 2 rings (SSSR count). The third kappa shape index (κ3) is 4.34. The van der Waals surface area contributed by atoms with Crippen molar-refractivity contribution in [3.8, 4) is 0 Å². The van der Waals surface area contributed by atoms with E-state index in [9.17, 15) is 13.2 Å². The quantitative estimate of drug-likeness (QED) is 0.831. The number of rotatable bonds is 2. The summed E-state index contributed by atoms with van der Waals surface area (Å²) in [5.74, 6) is 0. The molecule has 0 saturated heterocycles. The van der Waals surface area contributed by atoms with E-state index >= 15 is 0 Å².